The lowest BCUT2D eigenvalue weighted by Crippen LogP contribution is -2.26. The smallest absolute Gasteiger partial charge is 0.261 e. The Balaban J connectivity index is 1.64. The van der Waals surface area contributed by atoms with Crippen molar-refractivity contribution in [3.63, 3.8) is 0 Å². The fraction of sp³-hybridized carbons (Fsp3) is 0.440. The molecule has 0 unspecified atom stereocenters. The summed E-state index contributed by atoms with van der Waals surface area (Å²) < 4.78 is 34.6. The maximum absolute atomic E-state index is 12.9. The van der Waals surface area contributed by atoms with Gasteiger partial charge < -0.3 is 4.42 Å². The zero-order valence-corrected chi connectivity index (χ0v) is 19.3. The molecule has 30 heavy (non-hydrogen) atoms. The molecule has 3 aromatic rings. The quantitative estimate of drug-likeness (QED) is 0.518. The number of nitrogens with one attached hydrogen (secondary N) is 1. The molecular formula is C25H31NO3S. The average molecular weight is 426 g/mol. The predicted molar refractivity (Wildman–Crippen MR) is 123 cm³/mol. The van der Waals surface area contributed by atoms with Gasteiger partial charge in [-0.05, 0) is 66.0 Å². The summed E-state index contributed by atoms with van der Waals surface area (Å²) in [5.74, 6) is 2.00. The van der Waals surface area contributed by atoms with Gasteiger partial charge in [0.15, 0.2) is 0 Å². The number of anilines is 1. The number of rotatable bonds is 4. The van der Waals surface area contributed by atoms with Gasteiger partial charge in [0.1, 0.15) is 11.3 Å². The highest BCUT2D eigenvalue weighted by Gasteiger charge is 2.31. The van der Waals surface area contributed by atoms with Gasteiger partial charge in [0.2, 0.25) is 0 Å². The molecule has 0 spiro atoms. The third-order valence-electron chi connectivity index (χ3n) is 6.38. The van der Waals surface area contributed by atoms with Gasteiger partial charge in [-0.2, -0.15) is 0 Å². The Hall–Kier alpha value is -2.27. The van der Waals surface area contributed by atoms with Crippen LogP contribution in [0.3, 0.4) is 0 Å². The lowest BCUT2D eigenvalue weighted by molar-refractivity contribution is 0.210. The third kappa shape index (κ3) is 4.00. The zero-order chi connectivity index (χ0) is 21.7. The first kappa shape index (κ1) is 21.0. The molecule has 0 saturated carbocycles. The molecule has 1 aliphatic rings. The average Bonchev–Trinajstić information content (AvgIpc) is 3.04. The van der Waals surface area contributed by atoms with Crippen LogP contribution in [-0.4, -0.2) is 8.42 Å². The van der Waals surface area contributed by atoms with Crippen LogP contribution >= 0.6 is 0 Å². The van der Waals surface area contributed by atoms with Gasteiger partial charge in [-0.3, -0.25) is 4.72 Å². The van der Waals surface area contributed by atoms with E-state index in [0.717, 1.165) is 41.6 Å². The summed E-state index contributed by atoms with van der Waals surface area (Å²) in [6, 6.07) is 12.7. The van der Waals surface area contributed by atoms with E-state index in [2.05, 4.69) is 39.3 Å². The number of hydrogen-bond acceptors (Lipinski definition) is 3. The summed E-state index contributed by atoms with van der Waals surface area (Å²) in [5.41, 5.74) is 3.99. The van der Waals surface area contributed by atoms with Crippen molar-refractivity contribution in [2.45, 2.75) is 64.7 Å². The first-order chi connectivity index (χ1) is 14.0. The highest BCUT2D eigenvalue weighted by molar-refractivity contribution is 7.92. The Bertz CT molecular complexity index is 1170. The molecule has 1 N–H and O–H groups in total. The molecule has 4 rings (SSSR count). The van der Waals surface area contributed by atoms with Gasteiger partial charge in [0.05, 0.1) is 4.90 Å². The fourth-order valence-corrected chi connectivity index (χ4v) is 5.38. The zero-order valence-electron chi connectivity index (χ0n) is 18.5. The van der Waals surface area contributed by atoms with Gasteiger partial charge >= 0.3 is 0 Å². The molecule has 4 nitrogen and oxygen atoms in total. The molecule has 2 aromatic carbocycles. The number of benzene rings is 2. The van der Waals surface area contributed by atoms with Crippen LogP contribution in [0.4, 0.5) is 5.69 Å². The summed E-state index contributed by atoms with van der Waals surface area (Å²) in [7, 11) is -3.64. The first-order valence-electron chi connectivity index (χ1n) is 10.7. The second kappa shape index (κ2) is 7.45. The molecule has 0 fully saturated rings. The van der Waals surface area contributed by atoms with Crippen molar-refractivity contribution in [3.8, 4) is 0 Å². The molecule has 0 saturated heterocycles. The van der Waals surface area contributed by atoms with E-state index < -0.39 is 10.0 Å². The maximum atomic E-state index is 12.9. The molecule has 0 bridgehead atoms. The minimum Gasteiger partial charge on any atom is -0.461 e. The van der Waals surface area contributed by atoms with Crippen LogP contribution in [0.5, 0.6) is 0 Å². The van der Waals surface area contributed by atoms with Crippen LogP contribution in [0.25, 0.3) is 11.0 Å². The number of sulfonamides is 1. The summed E-state index contributed by atoms with van der Waals surface area (Å²) in [4.78, 5) is 0.272. The van der Waals surface area contributed by atoms with Crippen molar-refractivity contribution < 1.29 is 12.8 Å². The van der Waals surface area contributed by atoms with E-state index in [-0.39, 0.29) is 10.3 Å². The number of fused-ring (bicyclic) bond motifs is 3. The van der Waals surface area contributed by atoms with Crippen LogP contribution in [0.15, 0.2) is 51.8 Å². The third-order valence-corrected chi connectivity index (χ3v) is 7.78. The van der Waals surface area contributed by atoms with Crippen LogP contribution < -0.4 is 4.72 Å². The summed E-state index contributed by atoms with van der Waals surface area (Å²) in [6.07, 6.45) is 3.04. The minimum absolute atomic E-state index is 0.239. The van der Waals surface area contributed by atoms with E-state index in [1.807, 2.05) is 24.3 Å². The van der Waals surface area contributed by atoms with Crippen LogP contribution in [-0.2, 0) is 22.9 Å². The van der Waals surface area contributed by atoms with Gasteiger partial charge in [-0.25, -0.2) is 8.42 Å². The molecule has 5 heteroatoms. The van der Waals surface area contributed by atoms with Crippen LogP contribution in [0.1, 0.15) is 63.8 Å². The van der Waals surface area contributed by atoms with Crippen molar-refractivity contribution in [3.05, 3.63) is 59.4 Å². The predicted octanol–water partition coefficient (Wildman–Crippen LogP) is 6.51. The Labute approximate surface area is 179 Å². The normalized spacial score (nSPS) is 17.3. The second-order valence-electron chi connectivity index (χ2n) is 9.85. The van der Waals surface area contributed by atoms with Gasteiger partial charge in [-0.15, -0.1) is 0 Å². The fourth-order valence-electron chi connectivity index (χ4n) is 4.33. The highest BCUT2D eigenvalue weighted by atomic mass is 32.2. The Morgan fingerprint density at radius 2 is 1.77 bits per heavy atom. The second-order valence-corrected chi connectivity index (χ2v) is 11.5. The lowest BCUT2D eigenvalue weighted by Gasteiger charge is -2.33. The van der Waals surface area contributed by atoms with Crippen molar-refractivity contribution in [2.75, 3.05) is 4.72 Å². The van der Waals surface area contributed by atoms with E-state index in [1.165, 1.54) is 5.56 Å². The molecule has 160 valence electrons. The summed E-state index contributed by atoms with van der Waals surface area (Å²) >= 11 is 0. The van der Waals surface area contributed by atoms with Crippen molar-refractivity contribution in [1.29, 1.82) is 0 Å². The number of hydrogen-bond donors (Lipinski definition) is 1. The van der Waals surface area contributed by atoms with E-state index in [0.29, 0.717) is 17.5 Å². The van der Waals surface area contributed by atoms with E-state index in [4.69, 9.17) is 4.42 Å². The maximum Gasteiger partial charge on any atom is 0.261 e. The number of furan rings is 1. The molecule has 0 amide bonds. The van der Waals surface area contributed by atoms with Gasteiger partial charge in [0.25, 0.3) is 10.0 Å². The number of aryl methyl sites for hydroxylation is 1. The van der Waals surface area contributed by atoms with Crippen molar-refractivity contribution in [1.82, 2.24) is 0 Å². The van der Waals surface area contributed by atoms with Crippen LogP contribution in [0, 0.1) is 11.3 Å². The lowest BCUT2D eigenvalue weighted by atomic mass is 9.71. The Kier molecular flexibility index (Phi) is 5.21. The minimum atomic E-state index is -3.64. The summed E-state index contributed by atoms with van der Waals surface area (Å²) in [6.45, 7) is 11.0. The molecule has 1 heterocycles. The van der Waals surface area contributed by atoms with Gasteiger partial charge in [-0.1, -0.05) is 46.8 Å². The molecule has 1 atom stereocenters. The Morgan fingerprint density at radius 3 is 2.40 bits per heavy atom. The Morgan fingerprint density at radius 1 is 1.07 bits per heavy atom. The first-order valence-corrected chi connectivity index (χ1v) is 12.2. The standard InChI is InChI=1S/C25H31NO3S/c1-16(2)17-6-10-20(11-7-17)30(27,28)26-19-9-13-24-22(15-19)21-14-18(25(3,4)5)8-12-23(21)29-24/h6-7,9-11,13,15-16,18,26H,8,12,14H2,1-5H3/t18-/m1/s1. The van der Waals surface area contributed by atoms with E-state index in [9.17, 15) is 8.42 Å². The van der Waals surface area contributed by atoms with E-state index in [1.54, 1.807) is 18.2 Å². The highest BCUT2D eigenvalue weighted by Crippen LogP contribution is 2.41. The summed E-state index contributed by atoms with van der Waals surface area (Å²) in [5, 5.41) is 1.02. The molecule has 1 aliphatic carbocycles. The topological polar surface area (TPSA) is 59.3 Å². The van der Waals surface area contributed by atoms with Crippen LogP contribution in [0.2, 0.25) is 0 Å². The van der Waals surface area contributed by atoms with Crippen molar-refractivity contribution >= 4 is 26.7 Å². The van der Waals surface area contributed by atoms with Gasteiger partial charge in [0, 0.05) is 23.1 Å². The van der Waals surface area contributed by atoms with Crippen molar-refractivity contribution in [2.24, 2.45) is 11.3 Å². The molecular weight excluding hydrogens is 394 g/mol. The molecule has 0 aliphatic heterocycles. The largest absolute Gasteiger partial charge is 0.461 e. The molecule has 0 radical (unpaired) electrons. The SMILES string of the molecule is CC(C)c1ccc(S(=O)(=O)Nc2ccc3oc4c(c3c2)C[C@H](C(C)(C)C)CC4)cc1. The molecule has 1 aromatic heterocycles. The van der Waals surface area contributed by atoms with E-state index >= 15 is 0 Å². The monoisotopic (exact) mass is 425 g/mol.